The number of para-hydroxylation sites is 1. The van der Waals surface area contributed by atoms with Crippen molar-refractivity contribution >= 4 is 0 Å². The fourth-order valence-electron chi connectivity index (χ4n) is 2.51. The standard InChI is InChI=1S/C15H23NO3/c1-2-16-15(10-18,13-7-8-13)11-19-14-6-4-3-5-12(14)9-17/h3-6,13,16-18H,2,7-11H2,1H3. The summed E-state index contributed by atoms with van der Waals surface area (Å²) in [5, 5.41) is 22.4. The molecule has 1 unspecified atom stereocenters. The van der Waals surface area contributed by atoms with Crippen LogP contribution in [0.1, 0.15) is 25.3 Å². The van der Waals surface area contributed by atoms with Crippen LogP contribution in [0, 0.1) is 5.92 Å². The van der Waals surface area contributed by atoms with Crippen molar-refractivity contribution in [3.8, 4) is 5.75 Å². The molecule has 1 aliphatic rings. The minimum atomic E-state index is -0.350. The number of nitrogens with one attached hydrogen (secondary N) is 1. The number of ether oxygens (including phenoxy) is 1. The van der Waals surface area contributed by atoms with Gasteiger partial charge in [-0.05, 0) is 31.4 Å². The summed E-state index contributed by atoms with van der Waals surface area (Å²) in [6.45, 7) is 3.31. The number of aliphatic hydroxyl groups is 2. The van der Waals surface area contributed by atoms with Crippen molar-refractivity contribution in [3.63, 3.8) is 0 Å². The maximum absolute atomic E-state index is 9.73. The largest absolute Gasteiger partial charge is 0.491 e. The smallest absolute Gasteiger partial charge is 0.124 e. The van der Waals surface area contributed by atoms with Crippen molar-refractivity contribution in [1.29, 1.82) is 0 Å². The summed E-state index contributed by atoms with van der Waals surface area (Å²) in [5.74, 6) is 1.18. The van der Waals surface area contributed by atoms with Crippen LogP contribution in [-0.4, -0.2) is 35.5 Å². The molecule has 1 atom stereocenters. The number of aliphatic hydroxyl groups excluding tert-OH is 2. The Bertz CT molecular complexity index is 406. The predicted octanol–water partition coefficient (Wildman–Crippen LogP) is 1.31. The van der Waals surface area contributed by atoms with Crippen molar-refractivity contribution in [2.24, 2.45) is 5.92 Å². The zero-order chi connectivity index (χ0) is 13.7. The second-order valence-corrected chi connectivity index (χ2v) is 5.17. The van der Waals surface area contributed by atoms with E-state index in [0.29, 0.717) is 18.3 Å². The van der Waals surface area contributed by atoms with Gasteiger partial charge in [-0.25, -0.2) is 0 Å². The van der Waals surface area contributed by atoms with Crippen LogP contribution in [0.2, 0.25) is 0 Å². The fraction of sp³-hybridized carbons (Fsp3) is 0.600. The molecule has 1 fully saturated rings. The van der Waals surface area contributed by atoms with Crippen LogP contribution in [0.3, 0.4) is 0 Å². The van der Waals surface area contributed by atoms with Crippen molar-refractivity contribution in [2.75, 3.05) is 19.8 Å². The number of benzene rings is 1. The minimum absolute atomic E-state index is 0.0348. The Hall–Kier alpha value is -1.10. The molecule has 0 saturated heterocycles. The first-order chi connectivity index (χ1) is 9.25. The van der Waals surface area contributed by atoms with Gasteiger partial charge in [0.25, 0.3) is 0 Å². The van der Waals surface area contributed by atoms with Gasteiger partial charge < -0.3 is 20.3 Å². The van der Waals surface area contributed by atoms with Gasteiger partial charge in [-0.15, -0.1) is 0 Å². The van der Waals surface area contributed by atoms with Crippen molar-refractivity contribution in [1.82, 2.24) is 5.32 Å². The van der Waals surface area contributed by atoms with Crippen LogP contribution < -0.4 is 10.1 Å². The van der Waals surface area contributed by atoms with E-state index in [-0.39, 0.29) is 18.8 Å². The highest BCUT2D eigenvalue weighted by atomic mass is 16.5. The van der Waals surface area contributed by atoms with Gasteiger partial charge in [0.05, 0.1) is 18.8 Å². The highest BCUT2D eigenvalue weighted by Gasteiger charge is 2.45. The first kappa shape index (κ1) is 14.3. The minimum Gasteiger partial charge on any atom is -0.491 e. The topological polar surface area (TPSA) is 61.7 Å². The van der Waals surface area contributed by atoms with E-state index >= 15 is 0 Å². The zero-order valence-corrected chi connectivity index (χ0v) is 11.4. The van der Waals surface area contributed by atoms with Gasteiger partial charge in [0, 0.05) is 5.56 Å². The molecule has 0 aliphatic heterocycles. The van der Waals surface area contributed by atoms with Gasteiger partial charge >= 0.3 is 0 Å². The second-order valence-electron chi connectivity index (χ2n) is 5.17. The molecule has 4 heteroatoms. The van der Waals surface area contributed by atoms with Crippen LogP contribution in [0.15, 0.2) is 24.3 Å². The SMILES string of the molecule is CCNC(CO)(COc1ccccc1CO)C1CC1. The zero-order valence-electron chi connectivity index (χ0n) is 11.4. The monoisotopic (exact) mass is 265 g/mol. The lowest BCUT2D eigenvalue weighted by Crippen LogP contribution is -2.55. The summed E-state index contributed by atoms with van der Waals surface area (Å²) in [5.41, 5.74) is 0.429. The lowest BCUT2D eigenvalue weighted by Gasteiger charge is -2.33. The van der Waals surface area contributed by atoms with Crippen LogP contribution in [0.25, 0.3) is 0 Å². The van der Waals surface area contributed by atoms with E-state index < -0.39 is 0 Å². The van der Waals surface area contributed by atoms with E-state index in [1.54, 1.807) is 0 Å². The quantitative estimate of drug-likeness (QED) is 0.663. The summed E-state index contributed by atoms with van der Waals surface area (Å²) in [4.78, 5) is 0. The first-order valence-electron chi connectivity index (χ1n) is 6.93. The maximum atomic E-state index is 9.73. The van der Waals surface area contributed by atoms with Gasteiger partial charge in [-0.2, -0.15) is 0 Å². The lowest BCUT2D eigenvalue weighted by atomic mass is 9.95. The van der Waals surface area contributed by atoms with Crippen molar-refractivity contribution < 1.29 is 14.9 Å². The Kier molecular flexibility index (Phi) is 4.80. The maximum Gasteiger partial charge on any atom is 0.124 e. The third kappa shape index (κ3) is 3.26. The van der Waals surface area contributed by atoms with Gasteiger partial charge in [-0.1, -0.05) is 25.1 Å². The number of hydrogen-bond acceptors (Lipinski definition) is 4. The molecule has 1 aromatic carbocycles. The Labute approximate surface area is 114 Å². The average Bonchev–Trinajstić information content (AvgIpc) is 3.29. The van der Waals surface area contributed by atoms with Gasteiger partial charge in [0.15, 0.2) is 0 Å². The Morgan fingerprint density at radius 3 is 2.63 bits per heavy atom. The average molecular weight is 265 g/mol. The van der Waals surface area contributed by atoms with E-state index in [4.69, 9.17) is 4.74 Å². The molecule has 0 aromatic heterocycles. The highest BCUT2D eigenvalue weighted by Crippen LogP contribution is 2.40. The molecule has 0 heterocycles. The van der Waals surface area contributed by atoms with Gasteiger partial charge in [0.2, 0.25) is 0 Å². The second kappa shape index (κ2) is 6.37. The van der Waals surface area contributed by atoms with Crippen molar-refractivity contribution in [3.05, 3.63) is 29.8 Å². The summed E-state index contributed by atoms with van der Waals surface area (Å²) in [7, 11) is 0. The molecule has 0 bridgehead atoms. The Morgan fingerprint density at radius 1 is 1.32 bits per heavy atom. The summed E-state index contributed by atoms with van der Waals surface area (Å²) < 4.78 is 5.86. The normalized spacial score (nSPS) is 18.1. The van der Waals surface area contributed by atoms with Gasteiger partial charge in [-0.3, -0.25) is 0 Å². The third-order valence-electron chi connectivity index (χ3n) is 3.80. The van der Waals surface area contributed by atoms with E-state index in [1.165, 1.54) is 0 Å². The molecule has 106 valence electrons. The molecule has 19 heavy (non-hydrogen) atoms. The number of rotatable bonds is 8. The van der Waals surface area contributed by atoms with E-state index in [0.717, 1.165) is 24.9 Å². The van der Waals surface area contributed by atoms with Crippen LogP contribution in [-0.2, 0) is 6.61 Å². The molecule has 3 N–H and O–H groups in total. The van der Waals surface area contributed by atoms with E-state index in [9.17, 15) is 10.2 Å². The molecular weight excluding hydrogens is 242 g/mol. The summed E-state index contributed by atoms with van der Waals surface area (Å²) in [6, 6.07) is 7.47. The molecule has 0 radical (unpaired) electrons. The fourth-order valence-corrected chi connectivity index (χ4v) is 2.51. The molecule has 4 nitrogen and oxygen atoms in total. The van der Waals surface area contributed by atoms with Gasteiger partial charge in [0.1, 0.15) is 12.4 Å². The molecule has 1 aromatic rings. The molecule has 1 aliphatic carbocycles. The van der Waals surface area contributed by atoms with Crippen LogP contribution in [0.4, 0.5) is 0 Å². The summed E-state index contributed by atoms with van der Waals surface area (Å²) in [6.07, 6.45) is 2.27. The van der Waals surface area contributed by atoms with Crippen molar-refractivity contribution in [2.45, 2.75) is 31.9 Å². The molecule has 0 amide bonds. The van der Waals surface area contributed by atoms with Crippen LogP contribution >= 0.6 is 0 Å². The predicted molar refractivity (Wildman–Crippen MR) is 74.1 cm³/mol. The Morgan fingerprint density at radius 2 is 2.05 bits per heavy atom. The summed E-state index contributed by atoms with van der Waals surface area (Å²) >= 11 is 0. The highest BCUT2D eigenvalue weighted by molar-refractivity contribution is 5.32. The first-order valence-corrected chi connectivity index (χ1v) is 6.93. The molecule has 1 saturated carbocycles. The molecular formula is C15H23NO3. The number of likely N-dealkylation sites (N-methyl/N-ethyl adjacent to an activating group) is 1. The molecule has 0 spiro atoms. The van der Waals surface area contributed by atoms with Crippen LogP contribution in [0.5, 0.6) is 5.75 Å². The Balaban J connectivity index is 2.05. The van der Waals surface area contributed by atoms with E-state index in [1.807, 2.05) is 31.2 Å². The lowest BCUT2D eigenvalue weighted by molar-refractivity contribution is 0.0852. The number of hydrogen-bond donors (Lipinski definition) is 3. The van der Waals surface area contributed by atoms with E-state index in [2.05, 4.69) is 5.32 Å². The molecule has 2 rings (SSSR count). The third-order valence-corrected chi connectivity index (χ3v) is 3.80.